The van der Waals surface area contributed by atoms with Crippen LogP contribution in [0.25, 0.3) is 0 Å². The van der Waals surface area contributed by atoms with E-state index in [2.05, 4.69) is 170 Å². The van der Waals surface area contributed by atoms with E-state index < -0.39 is 13.8 Å². The van der Waals surface area contributed by atoms with Crippen LogP contribution in [0, 0.1) is 0 Å². The lowest BCUT2D eigenvalue weighted by Crippen LogP contribution is -2.35. The van der Waals surface area contributed by atoms with Gasteiger partial charge in [0, 0.05) is 33.5 Å². The maximum absolute atomic E-state index is 15.9. The fourth-order valence-electron chi connectivity index (χ4n) is 9.18. The van der Waals surface area contributed by atoms with Gasteiger partial charge in [-0.2, -0.15) is 0 Å². The molecule has 0 radical (unpaired) electrons. The number of halogens is 2. The fraction of sp³-hybridized carbons (Fsp3) is 0.0333. The summed E-state index contributed by atoms with van der Waals surface area (Å²) in [4.78, 5) is 31.9. The molecule has 0 amide bonds. The van der Waals surface area contributed by atoms with Crippen LogP contribution in [-0.4, -0.2) is 22.2 Å². The highest BCUT2D eigenvalue weighted by Gasteiger charge is 2.37. The first kappa shape index (κ1) is 44.7. The number of ketones is 2. The van der Waals surface area contributed by atoms with Gasteiger partial charge in [0.1, 0.15) is 0 Å². The van der Waals surface area contributed by atoms with Gasteiger partial charge in [-0.1, -0.05) is 243 Å². The molecule has 0 aliphatic rings. The van der Waals surface area contributed by atoms with Crippen molar-refractivity contribution < 1.29 is 9.59 Å². The number of alkyl halides is 2. The highest BCUT2D eigenvalue weighted by atomic mass is 35.5. The van der Waals surface area contributed by atoms with Gasteiger partial charge in [-0.3, -0.25) is 9.59 Å². The number of benzene rings is 9. The van der Waals surface area contributed by atoms with E-state index in [0.29, 0.717) is 21.7 Å². The lowest BCUT2D eigenvalue weighted by Gasteiger charge is -2.33. The standard InChI is InChI=1S/C60H46Cl2O2P2/c61-43-45-21-19-23-49(41-45)57(63)59(65(51-25-7-1-8-26-51,52-27-9-2-10-28-52)53-29-11-3-12-30-53)47-37-39-48(40-38-47)60(58(64)50-24-20-22-46(42-50)44-62)66(54-31-13-4-14-32-54,55-33-15-5-16-34-55)56-35-17-6-18-36-56/h1-42H,43-44H2. The summed E-state index contributed by atoms with van der Waals surface area (Å²) in [5.41, 5.74) is 4.37. The van der Waals surface area contributed by atoms with Gasteiger partial charge in [0.15, 0.2) is 11.6 Å². The topological polar surface area (TPSA) is 34.1 Å². The quantitative estimate of drug-likeness (QED) is 0.0619. The Morgan fingerprint density at radius 2 is 0.530 bits per heavy atom. The van der Waals surface area contributed by atoms with Gasteiger partial charge >= 0.3 is 0 Å². The third-order valence-corrected chi connectivity index (χ3v) is 21.4. The number of carbonyl (C=O) groups is 2. The molecule has 0 saturated carbocycles. The van der Waals surface area contributed by atoms with E-state index in [-0.39, 0.29) is 23.3 Å². The molecule has 0 unspecified atom stereocenters. The molecular formula is C60H46Cl2O2P2. The summed E-state index contributed by atoms with van der Waals surface area (Å²) in [5.74, 6) is 0.378. The van der Waals surface area contributed by atoms with Gasteiger partial charge in [-0.05, 0) is 80.0 Å². The van der Waals surface area contributed by atoms with Crippen LogP contribution < -0.4 is 31.8 Å². The first-order valence-corrected chi connectivity index (χ1v) is 26.5. The molecule has 6 heteroatoms. The number of hydrogen-bond acceptors (Lipinski definition) is 2. The van der Waals surface area contributed by atoms with Crippen LogP contribution in [0.1, 0.15) is 43.0 Å². The lowest BCUT2D eigenvalue weighted by atomic mass is 9.97. The zero-order valence-corrected chi connectivity index (χ0v) is 39.4. The van der Waals surface area contributed by atoms with Gasteiger partial charge in [0.25, 0.3) is 0 Å². The smallest absolute Gasteiger partial charge is 0.194 e. The van der Waals surface area contributed by atoms with E-state index in [9.17, 15) is 0 Å². The normalized spacial score (nSPS) is 11.4. The molecule has 0 spiro atoms. The van der Waals surface area contributed by atoms with Crippen molar-refractivity contribution in [1.29, 1.82) is 0 Å². The SMILES string of the molecule is O=C(C(c1ccc(C(C(=O)c2cccc(CCl)c2)=P(c2ccccc2)(c2ccccc2)c2ccccc2)cc1)=P(c1ccccc1)(c1ccccc1)c1ccccc1)c1cccc(CCl)c1. The van der Waals surface area contributed by atoms with Crippen LogP contribution in [0.3, 0.4) is 0 Å². The van der Waals surface area contributed by atoms with E-state index in [4.69, 9.17) is 23.2 Å². The molecule has 0 bridgehead atoms. The van der Waals surface area contributed by atoms with Gasteiger partial charge in [-0.25, -0.2) is 0 Å². The minimum Gasteiger partial charge on any atom is -0.289 e. The number of rotatable bonds is 14. The number of carbonyl (C=O) groups excluding carboxylic acids is 2. The Hall–Kier alpha value is -6.50. The molecule has 0 saturated heterocycles. The molecule has 9 rings (SSSR count). The molecule has 9 aromatic rings. The first-order valence-electron chi connectivity index (χ1n) is 21.9. The Morgan fingerprint density at radius 1 is 0.288 bits per heavy atom. The van der Waals surface area contributed by atoms with Crippen molar-refractivity contribution in [2.45, 2.75) is 11.8 Å². The zero-order valence-electron chi connectivity index (χ0n) is 36.1. The van der Waals surface area contributed by atoms with Gasteiger partial charge in [0.2, 0.25) is 0 Å². The summed E-state index contributed by atoms with van der Waals surface area (Å²) in [6.07, 6.45) is 0. The fourth-order valence-corrected chi connectivity index (χ4v) is 18.5. The predicted octanol–water partition coefficient (Wildman–Crippen LogP) is 12.0. The molecule has 0 fully saturated rings. The molecule has 0 N–H and O–H groups in total. The van der Waals surface area contributed by atoms with Gasteiger partial charge in [0.05, 0.1) is 0 Å². The monoisotopic (exact) mass is 930 g/mol. The van der Waals surface area contributed by atoms with E-state index in [1.807, 2.05) is 84.9 Å². The summed E-state index contributed by atoms with van der Waals surface area (Å²) in [5, 5.41) is 7.65. The van der Waals surface area contributed by atoms with Crippen LogP contribution in [0.4, 0.5) is 0 Å². The van der Waals surface area contributed by atoms with Crippen molar-refractivity contribution >= 4 is 91.0 Å². The summed E-state index contributed by atoms with van der Waals surface area (Å²) < 4.78 is 0. The Kier molecular flexibility index (Phi) is 13.8. The molecule has 0 aromatic heterocycles. The third-order valence-electron chi connectivity index (χ3n) is 12.1. The van der Waals surface area contributed by atoms with E-state index >= 15 is 9.59 Å². The Labute approximate surface area is 398 Å². The molecule has 66 heavy (non-hydrogen) atoms. The van der Waals surface area contributed by atoms with E-state index in [1.54, 1.807) is 0 Å². The van der Waals surface area contributed by atoms with E-state index in [0.717, 1.165) is 54.1 Å². The van der Waals surface area contributed by atoms with Crippen LogP contribution in [0.5, 0.6) is 0 Å². The number of hydrogen-bond donors (Lipinski definition) is 0. The molecular weight excluding hydrogens is 886 g/mol. The summed E-state index contributed by atoms with van der Waals surface area (Å²) in [7, 11) is 0. The highest BCUT2D eigenvalue weighted by molar-refractivity contribution is 7.97. The Morgan fingerprint density at radius 3 is 0.758 bits per heavy atom. The van der Waals surface area contributed by atoms with Gasteiger partial charge < -0.3 is 0 Å². The minimum atomic E-state index is -2.97. The van der Waals surface area contributed by atoms with Crippen LogP contribution in [0.2, 0.25) is 0 Å². The van der Waals surface area contributed by atoms with E-state index in [1.165, 1.54) is 0 Å². The Balaban J connectivity index is 1.45. The Bertz CT molecular complexity index is 2800. The van der Waals surface area contributed by atoms with Crippen molar-refractivity contribution in [3.05, 3.63) is 288 Å². The third kappa shape index (κ3) is 8.44. The maximum atomic E-state index is 15.9. The second kappa shape index (κ2) is 20.3. The van der Waals surface area contributed by atoms with Crippen molar-refractivity contribution in [3.8, 4) is 0 Å². The average molecular weight is 932 g/mol. The minimum absolute atomic E-state index is 0.0857. The molecule has 0 aliphatic heterocycles. The van der Waals surface area contributed by atoms with Gasteiger partial charge in [-0.15, -0.1) is 23.2 Å². The first-order chi connectivity index (χ1) is 32.5. The largest absolute Gasteiger partial charge is 0.289 e. The molecule has 9 aromatic carbocycles. The number of Topliss-reactive ketones (excluding diaryl/α,β-unsaturated/α-hetero) is 2. The second-order valence-electron chi connectivity index (χ2n) is 16.0. The second-order valence-corrected chi connectivity index (χ2v) is 23.2. The zero-order chi connectivity index (χ0) is 45.4. The summed E-state index contributed by atoms with van der Waals surface area (Å²) in [6.45, 7) is -5.93. The average Bonchev–Trinajstić information content (AvgIpc) is 3.41. The predicted molar refractivity (Wildman–Crippen MR) is 286 cm³/mol. The molecule has 322 valence electrons. The maximum Gasteiger partial charge on any atom is 0.194 e. The summed E-state index contributed by atoms with van der Waals surface area (Å²) in [6, 6.07) is 86.3. The van der Waals surface area contributed by atoms with Crippen molar-refractivity contribution in [1.82, 2.24) is 0 Å². The van der Waals surface area contributed by atoms with Crippen LogP contribution in [-0.2, 0) is 11.8 Å². The molecule has 0 heterocycles. The highest BCUT2D eigenvalue weighted by Crippen LogP contribution is 2.50. The lowest BCUT2D eigenvalue weighted by molar-refractivity contribution is 0.106. The molecule has 2 nitrogen and oxygen atoms in total. The van der Waals surface area contributed by atoms with Crippen molar-refractivity contribution in [2.75, 3.05) is 0 Å². The van der Waals surface area contributed by atoms with Crippen LogP contribution >= 0.6 is 37.0 Å². The summed E-state index contributed by atoms with van der Waals surface area (Å²) >= 11 is 12.9. The molecule has 0 atom stereocenters. The molecule has 0 aliphatic carbocycles. The van der Waals surface area contributed by atoms with Crippen molar-refractivity contribution in [3.63, 3.8) is 0 Å². The van der Waals surface area contributed by atoms with Crippen molar-refractivity contribution in [2.24, 2.45) is 0 Å². The van der Waals surface area contributed by atoms with Crippen LogP contribution in [0.15, 0.2) is 255 Å².